The number of amides is 2. The summed E-state index contributed by atoms with van der Waals surface area (Å²) in [5.74, 6) is 0.809. The van der Waals surface area contributed by atoms with E-state index in [1.54, 1.807) is 0 Å². The first kappa shape index (κ1) is 13.7. The van der Waals surface area contributed by atoms with Crippen molar-refractivity contribution in [1.82, 2.24) is 10.6 Å². The molecule has 0 aliphatic carbocycles. The molecular formula is C14H20N2O3. The minimum Gasteiger partial charge on any atom is -0.492 e. The van der Waals surface area contributed by atoms with Gasteiger partial charge in [0.15, 0.2) is 0 Å². The number of urea groups is 1. The normalized spacial score (nSPS) is 18.0. The highest BCUT2D eigenvalue weighted by atomic mass is 16.5. The third-order valence-corrected chi connectivity index (χ3v) is 2.91. The van der Waals surface area contributed by atoms with E-state index >= 15 is 0 Å². The molecule has 1 heterocycles. The van der Waals surface area contributed by atoms with Crippen LogP contribution in [0.5, 0.6) is 5.75 Å². The van der Waals surface area contributed by atoms with E-state index in [-0.39, 0.29) is 12.1 Å². The summed E-state index contributed by atoms with van der Waals surface area (Å²) in [7, 11) is 0. The first-order chi connectivity index (χ1) is 9.34. The standard InChI is InChI=1S/C14H20N2O3/c17-14(16-11-13-7-4-9-18-13)15-8-10-19-12-5-2-1-3-6-12/h1-3,5-6,13H,4,7-11H2,(H2,15,16,17). The molecule has 1 aromatic carbocycles. The first-order valence-corrected chi connectivity index (χ1v) is 6.66. The predicted molar refractivity (Wildman–Crippen MR) is 72.3 cm³/mol. The first-order valence-electron chi connectivity index (χ1n) is 6.66. The third kappa shape index (κ3) is 5.18. The summed E-state index contributed by atoms with van der Waals surface area (Å²) in [5.41, 5.74) is 0. The molecule has 1 saturated heterocycles. The maximum atomic E-state index is 11.5. The third-order valence-electron chi connectivity index (χ3n) is 2.91. The highest BCUT2D eigenvalue weighted by Gasteiger charge is 2.15. The maximum absolute atomic E-state index is 11.5. The van der Waals surface area contributed by atoms with Crippen molar-refractivity contribution in [3.05, 3.63) is 30.3 Å². The lowest BCUT2D eigenvalue weighted by Crippen LogP contribution is -2.41. The Kier molecular flexibility index (Phi) is 5.49. The van der Waals surface area contributed by atoms with E-state index in [1.165, 1.54) is 0 Å². The fraction of sp³-hybridized carbons (Fsp3) is 0.500. The van der Waals surface area contributed by atoms with Crippen molar-refractivity contribution >= 4 is 6.03 Å². The molecule has 2 amide bonds. The van der Waals surface area contributed by atoms with Crippen LogP contribution in [0, 0.1) is 0 Å². The molecule has 19 heavy (non-hydrogen) atoms. The van der Waals surface area contributed by atoms with E-state index in [9.17, 15) is 4.79 Å². The highest BCUT2D eigenvalue weighted by molar-refractivity contribution is 5.73. The molecule has 1 aromatic rings. The summed E-state index contributed by atoms with van der Waals surface area (Å²) in [4.78, 5) is 11.5. The van der Waals surface area contributed by atoms with Gasteiger partial charge in [-0.1, -0.05) is 18.2 Å². The molecule has 2 N–H and O–H groups in total. The Balaban J connectivity index is 1.51. The zero-order valence-electron chi connectivity index (χ0n) is 10.9. The quantitative estimate of drug-likeness (QED) is 0.766. The number of carbonyl (C=O) groups is 1. The van der Waals surface area contributed by atoms with Crippen LogP contribution in [-0.2, 0) is 4.74 Å². The van der Waals surface area contributed by atoms with Gasteiger partial charge in [-0.05, 0) is 25.0 Å². The summed E-state index contributed by atoms with van der Waals surface area (Å²) in [6.45, 7) is 2.31. The van der Waals surface area contributed by atoms with Gasteiger partial charge in [0, 0.05) is 13.2 Å². The van der Waals surface area contributed by atoms with Crippen LogP contribution in [0.2, 0.25) is 0 Å². The molecule has 1 atom stereocenters. The second kappa shape index (κ2) is 7.63. The van der Waals surface area contributed by atoms with Crippen molar-refractivity contribution in [2.24, 2.45) is 0 Å². The number of para-hydroxylation sites is 1. The van der Waals surface area contributed by atoms with Crippen molar-refractivity contribution in [3.63, 3.8) is 0 Å². The van der Waals surface area contributed by atoms with Crippen molar-refractivity contribution in [1.29, 1.82) is 0 Å². The number of rotatable bonds is 6. The smallest absolute Gasteiger partial charge is 0.315 e. The van der Waals surface area contributed by atoms with Crippen LogP contribution in [-0.4, -0.2) is 38.4 Å². The molecular weight excluding hydrogens is 244 g/mol. The molecule has 0 radical (unpaired) electrons. The molecule has 2 rings (SSSR count). The lowest BCUT2D eigenvalue weighted by molar-refractivity contribution is 0.111. The van der Waals surface area contributed by atoms with E-state index in [0.717, 1.165) is 25.2 Å². The molecule has 5 nitrogen and oxygen atoms in total. The van der Waals surface area contributed by atoms with Crippen LogP contribution in [0.1, 0.15) is 12.8 Å². The zero-order chi connectivity index (χ0) is 13.3. The number of hydrogen-bond acceptors (Lipinski definition) is 3. The van der Waals surface area contributed by atoms with E-state index in [0.29, 0.717) is 19.7 Å². The molecule has 1 fully saturated rings. The van der Waals surface area contributed by atoms with E-state index < -0.39 is 0 Å². The SMILES string of the molecule is O=C(NCCOc1ccccc1)NCC1CCCO1. The summed E-state index contributed by atoms with van der Waals surface area (Å²) in [5, 5.41) is 5.54. The summed E-state index contributed by atoms with van der Waals surface area (Å²) in [6.07, 6.45) is 2.28. The Hall–Kier alpha value is -1.75. The van der Waals surface area contributed by atoms with Gasteiger partial charge in [0.25, 0.3) is 0 Å². The fourth-order valence-corrected chi connectivity index (χ4v) is 1.92. The van der Waals surface area contributed by atoms with Crippen molar-refractivity contribution < 1.29 is 14.3 Å². The Morgan fingerprint density at radius 2 is 2.16 bits per heavy atom. The average Bonchev–Trinajstić information content (AvgIpc) is 2.96. The Morgan fingerprint density at radius 3 is 2.89 bits per heavy atom. The average molecular weight is 264 g/mol. The molecule has 0 spiro atoms. The number of nitrogens with one attached hydrogen (secondary N) is 2. The lowest BCUT2D eigenvalue weighted by Gasteiger charge is -2.12. The van der Waals surface area contributed by atoms with Crippen LogP contribution < -0.4 is 15.4 Å². The minimum atomic E-state index is -0.174. The van der Waals surface area contributed by atoms with Gasteiger partial charge < -0.3 is 20.1 Å². The van der Waals surface area contributed by atoms with Crippen LogP contribution in [0.15, 0.2) is 30.3 Å². The zero-order valence-corrected chi connectivity index (χ0v) is 10.9. The Labute approximate surface area is 113 Å². The van der Waals surface area contributed by atoms with Crippen LogP contribution in [0.4, 0.5) is 4.79 Å². The predicted octanol–water partition coefficient (Wildman–Crippen LogP) is 1.54. The lowest BCUT2D eigenvalue weighted by atomic mass is 10.2. The van der Waals surface area contributed by atoms with Crippen LogP contribution >= 0.6 is 0 Å². The topological polar surface area (TPSA) is 59.6 Å². The highest BCUT2D eigenvalue weighted by Crippen LogP contribution is 2.10. The molecule has 1 aliphatic rings. The van der Waals surface area contributed by atoms with Crippen LogP contribution in [0.3, 0.4) is 0 Å². The molecule has 0 saturated carbocycles. The maximum Gasteiger partial charge on any atom is 0.315 e. The fourth-order valence-electron chi connectivity index (χ4n) is 1.92. The molecule has 0 aromatic heterocycles. The summed E-state index contributed by atoms with van der Waals surface area (Å²) >= 11 is 0. The van der Waals surface area contributed by atoms with Gasteiger partial charge in [0.1, 0.15) is 12.4 Å². The number of hydrogen-bond donors (Lipinski definition) is 2. The second-order valence-electron chi connectivity index (χ2n) is 4.43. The van der Waals surface area contributed by atoms with Gasteiger partial charge in [0.05, 0.1) is 12.6 Å². The molecule has 1 aliphatic heterocycles. The Morgan fingerprint density at radius 1 is 1.32 bits per heavy atom. The monoisotopic (exact) mass is 264 g/mol. The molecule has 104 valence electrons. The number of carbonyl (C=O) groups excluding carboxylic acids is 1. The van der Waals surface area contributed by atoms with Crippen LogP contribution in [0.25, 0.3) is 0 Å². The molecule has 1 unspecified atom stereocenters. The van der Waals surface area contributed by atoms with Gasteiger partial charge in [-0.2, -0.15) is 0 Å². The molecule has 0 bridgehead atoms. The summed E-state index contributed by atoms with van der Waals surface area (Å²) in [6, 6.07) is 9.36. The summed E-state index contributed by atoms with van der Waals surface area (Å²) < 4.78 is 10.9. The van der Waals surface area contributed by atoms with Crippen molar-refractivity contribution in [3.8, 4) is 5.75 Å². The minimum absolute atomic E-state index is 0.173. The van der Waals surface area contributed by atoms with Crippen molar-refractivity contribution in [2.45, 2.75) is 18.9 Å². The largest absolute Gasteiger partial charge is 0.492 e. The van der Waals surface area contributed by atoms with Gasteiger partial charge in [0.2, 0.25) is 0 Å². The Bertz CT molecular complexity index is 378. The molecule has 5 heteroatoms. The number of benzene rings is 1. The van der Waals surface area contributed by atoms with Gasteiger partial charge in [-0.25, -0.2) is 4.79 Å². The number of ether oxygens (including phenoxy) is 2. The van der Waals surface area contributed by atoms with E-state index in [2.05, 4.69) is 10.6 Å². The van der Waals surface area contributed by atoms with E-state index in [1.807, 2.05) is 30.3 Å². The van der Waals surface area contributed by atoms with Gasteiger partial charge >= 0.3 is 6.03 Å². The van der Waals surface area contributed by atoms with E-state index in [4.69, 9.17) is 9.47 Å². The second-order valence-corrected chi connectivity index (χ2v) is 4.43. The van der Waals surface area contributed by atoms with Gasteiger partial charge in [-0.15, -0.1) is 0 Å². The van der Waals surface area contributed by atoms with Gasteiger partial charge in [-0.3, -0.25) is 0 Å². The van der Waals surface area contributed by atoms with Crippen molar-refractivity contribution in [2.75, 3.05) is 26.3 Å².